The lowest BCUT2D eigenvalue weighted by molar-refractivity contribution is 0.431. The fourth-order valence-corrected chi connectivity index (χ4v) is 1.96. The predicted octanol–water partition coefficient (Wildman–Crippen LogP) is 1.89. The highest BCUT2D eigenvalue weighted by Gasteiger charge is 2.08. The zero-order valence-electron chi connectivity index (χ0n) is 9.20. The zero-order valence-corrected chi connectivity index (χ0v) is 10.0. The van der Waals surface area contributed by atoms with Gasteiger partial charge in [0, 0.05) is 5.75 Å². The van der Waals surface area contributed by atoms with Crippen molar-refractivity contribution in [2.75, 3.05) is 12.8 Å². The number of hydrogen-bond donors (Lipinski definition) is 1. The monoisotopic (exact) mass is 225 g/mol. The van der Waals surface area contributed by atoms with Gasteiger partial charge in [0.25, 0.3) is 5.22 Å². The van der Waals surface area contributed by atoms with Crippen LogP contribution in [0.2, 0.25) is 0 Å². The van der Waals surface area contributed by atoms with Crippen LogP contribution in [0.1, 0.15) is 17.9 Å². The molecule has 0 aliphatic carbocycles. The summed E-state index contributed by atoms with van der Waals surface area (Å²) in [5.41, 5.74) is 0.933. The van der Waals surface area contributed by atoms with Crippen LogP contribution in [0.3, 0.4) is 0 Å². The number of oxazole rings is 1. The standard InChI is InChI=1S/C10H15N3OS/c1-7-8(2)14-10(13-7)15-5-4-9(6-11)12-3/h9,12H,4-5H2,1-3H3. The fourth-order valence-electron chi connectivity index (χ4n) is 1.04. The van der Waals surface area contributed by atoms with Gasteiger partial charge in [-0.2, -0.15) is 5.26 Å². The maximum atomic E-state index is 8.71. The zero-order chi connectivity index (χ0) is 11.3. The molecule has 0 aromatic carbocycles. The number of nitriles is 1. The van der Waals surface area contributed by atoms with E-state index in [1.165, 1.54) is 0 Å². The Morgan fingerprint density at radius 1 is 1.60 bits per heavy atom. The first-order chi connectivity index (χ1) is 7.17. The first kappa shape index (κ1) is 12.1. The maximum Gasteiger partial charge on any atom is 0.256 e. The minimum absolute atomic E-state index is 0.0883. The van der Waals surface area contributed by atoms with Gasteiger partial charge in [0.15, 0.2) is 0 Å². The van der Waals surface area contributed by atoms with Crippen LogP contribution in [0, 0.1) is 25.2 Å². The number of aryl methyl sites for hydroxylation is 2. The molecule has 82 valence electrons. The predicted molar refractivity (Wildman–Crippen MR) is 59.8 cm³/mol. The summed E-state index contributed by atoms with van der Waals surface area (Å²) >= 11 is 1.55. The third-order valence-corrected chi connectivity index (χ3v) is 3.01. The molecule has 1 rings (SSSR count). The summed E-state index contributed by atoms with van der Waals surface area (Å²) < 4.78 is 5.41. The van der Waals surface area contributed by atoms with Gasteiger partial charge in [-0.05, 0) is 27.3 Å². The summed E-state index contributed by atoms with van der Waals surface area (Å²) in [5.74, 6) is 1.70. The van der Waals surface area contributed by atoms with Crippen LogP contribution in [0.5, 0.6) is 0 Å². The molecule has 0 bridgehead atoms. The van der Waals surface area contributed by atoms with Crippen molar-refractivity contribution in [2.45, 2.75) is 31.5 Å². The van der Waals surface area contributed by atoms with Gasteiger partial charge < -0.3 is 9.73 Å². The molecule has 15 heavy (non-hydrogen) atoms. The van der Waals surface area contributed by atoms with Gasteiger partial charge in [0.2, 0.25) is 0 Å². The molecule has 0 fully saturated rings. The average Bonchev–Trinajstić information content (AvgIpc) is 2.53. The summed E-state index contributed by atoms with van der Waals surface area (Å²) in [5, 5.41) is 12.3. The van der Waals surface area contributed by atoms with E-state index in [0.717, 1.165) is 23.6 Å². The molecule has 0 amide bonds. The van der Waals surface area contributed by atoms with Gasteiger partial charge >= 0.3 is 0 Å². The van der Waals surface area contributed by atoms with Crippen LogP contribution < -0.4 is 5.32 Å². The molecule has 1 heterocycles. The highest BCUT2D eigenvalue weighted by atomic mass is 32.2. The summed E-state index contributed by atoms with van der Waals surface area (Å²) in [4.78, 5) is 4.25. The summed E-state index contributed by atoms with van der Waals surface area (Å²) in [7, 11) is 1.79. The molecule has 0 saturated carbocycles. The minimum atomic E-state index is -0.0883. The second-order valence-corrected chi connectivity index (χ2v) is 4.28. The lowest BCUT2D eigenvalue weighted by Gasteiger charge is -2.04. The van der Waals surface area contributed by atoms with E-state index in [4.69, 9.17) is 9.68 Å². The van der Waals surface area contributed by atoms with E-state index < -0.39 is 0 Å². The molecule has 4 nitrogen and oxygen atoms in total. The SMILES string of the molecule is CNC(C#N)CCSc1nc(C)c(C)o1. The number of hydrogen-bond acceptors (Lipinski definition) is 5. The molecule has 1 N–H and O–H groups in total. The summed E-state index contributed by atoms with van der Waals surface area (Å²) in [6.07, 6.45) is 0.790. The Morgan fingerprint density at radius 2 is 2.33 bits per heavy atom. The van der Waals surface area contributed by atoms with E-state index in [-0.39, 0.29) is 6.04 Å². The third-order valence-electron chi connectivity index (χ3n) is 2.15. The molecular weight excluding hydrogens is 210 g/mol. The molecule has 1 atom stereocenters. The Hall–Kier alpha value is -0.990. The number of nitrogens with zero attached hydrogens (tertiary/aromatic N) is 2. The van der Waals surface area contributed by atoms with E-state index in [0.29, 0.717) is 5.22 Å². The molecule has 1 aromatic rings. The van der Waals surface area contributed by atoms with E-state index in [1.54, 1.807) is 18.8 Å². The highest BCUT2D eigenvalue weighted by molar-refractivity contribution is 7.99. The topological polar surface area (TPSA) is 61.9 Å². The molecule has 0 saturated heterocycles. The van der Waals surface area contributed by atoms with E-state index in [1.807, 2.05) is 13.8 Å². The molecule has 0 radical (unpaired) electrons. The molecule has 1 aromatic heterocycles. The van der Waals surface area contributed by atoms with Gasteiger partial charge in [-0.25, -0.2) is 4.98 Å². The number of thioether (sulfide) groups is 1. The molecule has 0 spiro atoms. The lowest BCUT2D eigenvalue weighted by atomic mass is 10.3. The van der Waals surface area contributed by atoms with Crippen molar-refractivity contribution < 1.29 is 4.42 Å². The van der Waals surface area contributed by atoms with Crippen molar-refractivity contribution in [3.05, 3.63) is 11.5 Å². The Balaban J connectivity index is 2.35. The summed E-state index contributed by atoms with van der Waals surface area (Å²) in [6.45, 7) is 3.83. The van der Waals surface area contributed by atoms with Gasteiger partial charge in [-0.1, -0.05) is 11.8 Å². The molecule has 0 aliphatic heterocycles. The fraction of sp³-hybridized carbons (Fsp3) is 0.600. The molecule has 0 aliphatic rings. The van der Waals surface area contributed by atoms with Crippen LogP contribution in [0.25, 0.3) is 0 Å². The van der Waals surface area contributed by atoms with Crippen molar-refractivity contribution in [1.82, 2.24) is 10.3 Å². The average molecular weight is 225 g/mol. The van der Waals surface area contributed by atoms with Crippen molar-refractivity contribution in [3.63, 3.8) is 0 Å². The summed E-state index contributed by atoms with van der Waals surface area (Å²) in [6, 6.07) is 2.09. The van der Waals surface area contributed by atoms with Crippen LogP contribution in [-0.4, -0.2) is 23.8 Å². The number of nitrogens with one attached hydrogen (secondary N) is 1. The van der Waals surface area contributed by atoms with Gasteiger partial charge in [-0.3, -0.25) is 0 Å². The van der Waals surface area contributed by atoms with Crippen LogP contribution in [-0.2, 0) is 0 Å². The van der Waals surface area contributed by atoms with Gasteiger partial charge in [-0.15, -0.1) is 0 Å². The molecule has 5 heteroatoms. The van der Waals surface area contributed by atoms with Gasteiger partial charge in [0.1, 0.15) is 5.76 Å². The van der Waals surface area contributed by atoms with E-state index >= 15 is 0 Å². The second-order valence-electron chi connectivity index (χ2n) is 3.23. The molecule has 1 unspecified atom stereocenters. The second kappa shape index (κ2) is 5.79. The maximum absolute atomic E-state index is 8.71. The highest BCUT2D eigenvalue weighted by Crippen LogP contribution is 2.20. The van der Waals surface area contributed by atoms with E-state index in [9.17, 15) is 0 Å². The normalized spacial score (nSPS) is 12.4. The Morgan fingerprint density at radius 3 is 2.80 bits per heavy atom. The van der Waals surface area contributed by atoms with Crippen molar-refractivity contribution in [1.29, 1.82) is 5.26 Å². The number of rotatable bonds is 5. The van der Waals surface area contributed by atoms with Crippen LogP contribution >= 0.6 is 11.8 Å². The quantitative estimate of drug-likeness (QED) is 0.775. The van der Waals surface area contributed by atoms with Crippen molar-refractivity contribution >= 4 is 11.8 Å². The van der Waals surface area contributed by atoms with Crippen molar-refractivity contribution in [2.24, 2.45) is 0 Å². The van der Waals surface area contributed by atoms with Crippen LogP contribution in [0.4, 0.5) is 0 Å². The lowest BCUT2D eigenvalue weighted by Crippen LogP contribution is -2.23. The largest absolute Gasteiger partial charge is 0.437 e. The smallest absolute Gasteiger partial charge is 0.256 e. The molecular formula is C10H15N3OS. The van der Waals surface area contributed by atoms with Gasteiger partial charge in [0.05, 0.1) is 17.8 Å². The minimum Gasteiger partial charge on any atom is -0.437 e. The van der Waals surface area contributed by atoms with Crippen molar-refractivity contribution in [3.8, 4) is 6.07 Å². The Bertz CT molecular complexity index is 337. The van der Waals surface area contributed by atoms with E-state index in [2.05, 4.69) is 16.4 Å². The third kappa shape index (κ3) is 3.57. The Kier molecular flexibility index (Phi) is 4.66. The first-order valence-corrected chi connectivity index (χ1v) is 5.79. The number of aromatic nitrogens is 1. The Labute approximate surface area is 94.1 Å². The first-order valence-electron chi connectivity index (χ1n) is 4.81. The van der Waals surface area contributed by atoms with Crippen LogP contribution in [0.15, 0.2) is 9.64 Å².